The van der Waals surface area contributed by atoms with Gasteiger partial charge in [-0.3, -0.25) is 4.79 Å². The fraction of sp³-hybridized carbons (Fsp3) is 0.364. The number of hydrogen-bond acceptors (Lipinski definition) is 1. The zero-order valence-corrected chi connectivity index (χ0v) is 10.2. The van der Waals surface area contributed by atoms with E-state index < -0.39 is 0 Å². The van der Waals surface area contributed by atoms with Crippen LogP contribution in [-0.4, -0.2) is 5.91 Å². The van der Waals surface area contributed by atoms with Gasteiger partial charge in [0, 0.05) is 15.2 Å². The fourth-order valence-corrected chi connectivity index (χ4v) is 1.78. The van der Waals surface area contributed by atoms with E-state index >= 15 is 0 Å². The van der Waals surface area contributed by atoms with Crippen LogP contribution >= 0.6 is 22.6 Å². The number of nitrogens with one attached hydrogen (secondary N) is 1. The van der Waals surface area contributed by atoms with Gasteiger partial charge in [0.2, 0.25) is 5.91 Å². The van der Waals surface area contributed by atoms with Crippen molar-refractivity contribution in [2.24, 2.45) is 5.92 Å². The highest BCUT2D eigenvalue weighted by molar-refractivity contribution is 14.1. The lowest BCUT2D eigenvalue weighted by Crippen LogP contribution is -2.13. The topological polar surface area (TPSA) is 29.1 Å². The van der Waals surface area contributed by atoms with Crippen LogP contribution in [0.1, 0.15) is 18.4 Å². The van der Waals surface area contributed by atoms with Crippen molar-refractivity contribution in [3.63, 3.8) is 0 Å². The Morgan fingerprint density at radius 3 is 2.79 bits per heavy atom. The maximum absolute atomic E-state index is 11.5. The summed E-state index contributed by atoms with van der Waals surface area (Å²) in [6, 6.07) is 6.00. The van der Waals surface area contributed by atoms with Gasteiger partial charge in [-0.2, -0.15) is 0 Å². The SMILES string of the molecule is Cc1ccc(NC(=O)C2CC2)cc1I. The molecule has 0 aliphatic heterocycles. The Balaban J connectivity index is 2.08. The third-order valence-corrected chi connectivity index (χ3v) is 3.55. The lowest BCUT2D eigenvalue weighted by atomic mass is 10.2. The molecule has 0 heterocycles. The lowest BCUT2D eigenvalue weighted by molar-refractivity contribution is -0.117. The quantitative estimate of drug-likeness (QED) is 0.836. The van der Waals surface area contributed by atoms with Crippen molar-refractivity contribution in [3.8, 4) is 0 Å². The molecular formula is C11H12INO. The molecule has 0 aromatic heterocycles. The lowest BCUT2D eigenvalue weighted by Gasteiger charge is -2.05. The van der Waals surface area contributed by atoms with E-state index in [4.69, 9.17) is 0 Å². The molecule has 0 atom stereocenters. The maximum Gasteiger partial charge on any atom is 0.227 e. The van der Waals surface area contributed by atoms with Crippen LogP contribution in [0.5, 0.6) is 0 Å². The van der Waals surface area contributed by atoms with E-state index in [2.05, 4.69) is 34.8 Å². The van der Waals surface area contributed by atoms with Crippen LogP contribution in [0.25, 0.3) is 0 Å². The molecule has 1 amide bonds. The Morgan fingerprint density at radius 1 is 1.50 bits per heavy atom. The molecule has 0 radical (unpaired) electrons. The molecule has 3 heteroatoms. The first-order valence-corrected chi connectivity index (χ1v) is 5.82. The van der Waals surface area contributed by atoms with E-state index in [1.54, 1.807) is 0 Å². The first kappa shape index (κ1) is 9.96. The molecule has 0 unspecified atom stereocenters. The van der Waals surface area contributed by atoms with Crippen LogP contribution in [0.15, 0.2) is 18.2 Å². The van der Waals surface area contributed by atoms with Crippen molar-refractivity contribution >= 4 is 34.2 Å². The van der Waals surface area contributed by atoms with Crippen molar-refractivity contribution in [2.75, 3.05) is 5.32 Å². The van der Waals surface area contributed by atoms with E-state index in [0.717, 1.165) is 18.5 Å². The van der Waals surface area contributed by atoms with Crippen LogP contribution < -0.4 is 5.32 Å². The predicted molar refractivity (Wildman–Crippen MR) is 65.2 cm³/mol. The second-order valence-corrected chi connectivity index (χ2v) is 4.89. The van der Waals surface area contributed by atoms with Crippen molar-refractivity contribution in [3.05, 3.63) is 27.3 Å². The molecule has 14 heavy (non-hydrogen) atoms. The molecule has 74 valence electrons. The average Bonchev–Trinajstić information content (AvgIpc) is 2.94. The number of anilines is 1. The van der Waals surface area contributed by atoms with Crippen LogP contribution in [0.4, 0.5) is 5.69 Å². The fourth-order valence-electron chi connectivity index (χ4n) is 1.26. The minimum absolute atomic E-state index is 0.171. The molecule has 0 bridgehead atoms. The number of carbonyl (C=O) groups is 1. The Bertz CT molecular complexity index is 372. The van der Waals surface area contributed by atoms with E-state index in [1.807, 2.05) is 18.2 Å². The summed E-state index contributed by atoms with van der Waals surface area (Å²) in [6.45, 7) is 2.06. The standard InChI is InChI=1S/C11H12INO/c1-7-2-5-9(6-10(7)12)13-11(14)8-3-4-8/h2,5-6,8H,3-4H2,1H3,(H,13,14). The molecule has 1 aliphatic rings. The number of rotatable bonds is 2. The monoisotopic (exact) mass is 301 g/mol. The highest BCUT2D eigenvalue weighted by atomic mass is 127. The molecule has 2 nitrogen and oxygen atoms in total. The zero-order chi connectivity index (χ0) is 10.1. The summed E-state index contributed by atoms with van der Waals surface area (Å²) in [7, 11) is 0. The van der Waals surface area contributed by atoms with Gasteiger partial charge < -0.3 is 5.32 Å². The summed E-state index contributed by atoms with van der Waals surface area (Å²) in [5, 5.41) is 2.93. The smallest absolute Gasteiger partial charge is 0.227 e. The maximum atomic E-state index is 11.5. The van der Waals surface area contributed by atoms with Gasteiger partial charge in [-0.1, -0.05) is 6.07 Å². The summed E-state index contributed by atoms with van der Waals surface area (Å²) in [5.74, 6) is 0.443. The normalized spacial score (nSPS) is 15.3. The third kappa shape index (κ3) is 2.26. The van der Waals surface area contributed by atoms with Gasteiger partial charge in [-0.15, -0.1) is 0 Å². The molecule has 0 saturated heterocycles. The van der Waals surface area contributed by atoms with Gasteiger partial charge in [0.25, 0.3) is 0 Å². The molecule has 1 N–H and O–H groups in total. The highest BCUT2D eigenvalue weighted by Gasteiger charge is 2.29. The minimum Gasteiger partial charge on any atom is -0.326 e. The number of aryl methyl sites for hydroxylation is 1. The second-order valence-electron chi connectivity index (χ2n) is 3.73. The van der Waals surface area contributed by atoms with Gasteiger partial charge >= 0.3 is 0 Å². The molecule has 1 aromatic rings. The van der Waals surface area contributed by atoms with Crippen LogP contribution in [0.2, 0.25) is 0 Å². The molecule has 1 fully saturated rings. The van der Waals surface area contributed by atoms with Gasteiger partial charge in [-0.05, 0) is 60.1 Å². The van der Waals surface area contributed by atoms with E-state index in [9.17, 15) is 4.79 Å². The van der Waals surface area contributed by atoms with Crippen LogP contribution in [-0.2, 0) is 4.79 Å². The largest absolute Gasteiger partial charge is 0.326 e. The molecule has 2 rings (SSSR count). The van der Waals surface area contributed by atoms with Gasteiger partial charge in [0.05, 0.1) is 0 Å². The van der Waals surface area contributed by atoms with Gasteiger partial charge in [-0.25, -0.2) is 0 Å². The number of carbonyl (C=O) groups excluding carboxylic acids is 1. The van der Waals surface area contributed by atoms with Crippen molar-refractivity contribution in [1.82, 2.24) is 0 Å². The van der Waals surface area contributed by atoms with E-state index in [-0.39, 0.29) is 11.8 Å². The van der Waals surface area contributed by atoms with Crippen molar-refractivity contribution in [2.45, 2.75) is 19.8 Å². The Labute approximate surface area is 97.2 Å². The molecular weight excluding hydrogens is 289 g/mol. The predicted octanol–water partition coefficient (Wildman–Crippen LogP) is 2.95. The van der Waals surface area contributed by atoms with Crippen LogP contribution in [0.3, 0.4) is 0 Å². The number of benzene rings is 1. The second kappa shape index (κ2) is 3.88. The first-order valence-electron chi connectivity index (χ1n) is 4.74. The Morgan fingerprint density at radius 2 is 2.21 bits per heavy atom. The first-order chi connectivity index (χ1) is 6.66. The van der Waals surface area contributed by atoms with Gasteiger partial charge in [0.1, 0.15) is 0 Å². The average molecular weight is 301 g/mol. The summed E-state index contributed by atoms with van der Waals surface area (Å²) in [4.78, 5) is 11.5. The summed E-state index contributed by atoms with van der Waals surface area (Å²) < 4.78 is 1.19. The summed E-state index contributed by atoms with van der Waals surface area (Å²) in [5.41, 5.74) is 2.16. The Kier molecular flexibility index (Phi) is 2.76. The van der Waals surface area contributed by atoms with Crippen molar-refractivity contribution < 1.29 is 4.79 Å². The Hall–Kier alpha value is -0.580. The van der Waals surface area contributed by atoms with E-state index in [0.29, 0.717) is 0 Å². The van der Waals surface area contributed by atoms with Crippen molar-refractivity contribution in [1.29, 1.82) is 0 Å². The molecule has 1 saturated carbocycles. The molecule has 0 spiro atoms. The zero-order valence-electron chi connectivity index (χ0n) is 8.01. The number of amides is 1. The minimum atomic E-state index is 0.171. The third-order valence-electron chi connectivity index (χ3n) is 2.39. The van der Waals surface area contributed by atoms with Gasteiger partial charge in [0.15, 0.2) is 0 Å². The summed E-state index contributed by atoms with van der Waals surface area (Å²) >= 11 is 2.28. The molecule has 1 aliphatic carbocycles. The summed E-state index contributed by atoms with van der Waals surface area (Å²) in [6.07, 6.45) is 2.10. The highest BCUT2D eigenvalue weighted by Crippen LogP contribution is 2.30. The number of halogens is 1. The van der Waals surface area contributed by atoms with E-state index in [1.165, 1.54) is 9.13 Å². The number of hydrogen-bond donors (Lipinski definition) is 1. The molecule has 1 aromatic carbocycles. The van der Waals surface area contributed by atoms with Crippen LogP contribution in [0, 0.1) is 16.4 Å².